The highest BCUT2D eigenvalue weighted by Crippen LogP contribution is 2.62. The summed E-state index contributed by atoms with van der Waals surface area (Å²) < 4.78 is 41.7. The standard InChI is InChI=1S/C54H70FN3O8/c1-3-30-64-54-49(58(35-39-20-23-41(55)24-21-39)50(61)27-22-38-14-4-5-15-38)34-47(57-66-51-19-8-11-31-62-51)45-32-40(16-6-9-28-59)44(18-7-10-29-60)52(53(45)54)46-33-43(25-26-48(46)65-54)63-36-42-17-12-13-37(2)56-42/h3,12-13,17,20-21,23-26,32-33,38,40,44,49,51-53,59-60H,1,4-11,14-16,18-19,22,27-31,34-36H2,2H3/t40-,44+,49-,51?,52+,53+,54+/m0/s1. The number of oxime groups is 1. The molecule has 0 bridgehead atoms. The summed E-state index contributed by atoms with van der Waals surface area (Å²) in [6.07, 6.45) is 16.9. The summed E-state index contributed by atoms with van der Waals surface area (Å²) in [5.74, 6) is -0.499. The van der Waals surface area contributed by atoms with Crippen molar-refractivity contribution in [3.8, 4) is 11.5 Å². The Kier molecular flexibility index (Phi) is 16.6. The SMILES string of the molecule is C=CCO[C@@]12Oc3ccc(OCc4cccc(C)n4)cc3[C@H]3[C@H](CCCCO)[C@@H](CCCCO)C=C(C(=NOC4CCCCO4)C[C@@H]1N(Cc1ccc(F)cc1)C(=O)CCC1CCCC1)[C@H]32. The number of carbonyl (C=O) groups excluding carboxylic acids is 1. The van der Waals surface area contributed by atoms with Crippen molar-refractivity contribution >= 4 is 11.6 Å². The second-order valence-electron chi connectivity index (χ2n) is 19.1. The first-order valence-electron chi connectivity index (χ1n) is 24.7. The minimum absolute atomic E-state index is 0.0160. The summed E-state index contributed by atoms with van der Waals surface area (Å²) >= 11 is 0. The van der Waals surface area contributed by atoms with Gasteiger partial charge in [0, 0.05) is 56.2 Å². The number of hydrogen-bond donors (Lipinski definition) is 2. The Labute approximate surface area is 390 Å². The zero-order valence-corrected chi connectivity index (χ0v) is 38.8. The van der Waals surface area contributed by atoms with E-state index in [0.29, 0.717) is 43.3 Å². The average molecular weight is 908 g/mol. The minimum Gasteiger partial charge on any atom is -0.487 e. The molecule has 11 nitrogen and oxygen atoms in total. The molecule has 1 amide bonds. The summed E-state index contributed by atoms with van der Waals surface area (Å²) in [5, 5.41) is 25.1. The molecule has 2 aromatic carbocycles. The van der Waals surface area contributed by atoms with Gasteiger partial charge in [-0.2, -0.15) is 0 Å². The number of nitrogens with zero attached hydrogens (tertiary/aromatic N) is 3. The number of aryl methyl sites for hydroxylation is 1. The van der Waals surface area contributed by atoms with E-state index >= 15 is 4.79 Å². The first-order chi connectivity index (χ1) is 32.3. The molecule has 8 rings (SSSR count). The number of ether oxygens (including phenoxy) is 4. The smallest absolute Gasteiger partial charge is 0.239 e. The van der Waals surface area contributed by atoms with Gasteiger partial charge in [0.05, 0.1) is 30.5 Å². The van der Waals surface area contributed by atoms with Crippen molar-refractivity contribution in [2.45, 2.75) is 147 Å². The molecule has 2 saturated carbocycles. The van der Waals surface area contributed by atoms with E-state index in [-0.39, 0.29) is 68.9 Å². The van der Waals surface area contributed by atoms with E-state index in [2.05, 4.69) is 23.7 Å². The molecule has 0 spiro atoms. The maximum atomic E-state index is 15.2. The third-order valence-corrected chi connectivity index (χ3v) is 14.6. The topological polar surface area (TPSA) is 132 Å². The van der Waals surface area contributed by atoms with Gasteiger partial charge in [-0.1, -0.05) is 74.0 Å². The van der Waals surface area contributed by atoms with E-state index in [9.17, 15) is 14.6 Å². The van der Waals surface area contributed by atoms with Crippen LogP contribution in [-0.4, -0.2) is 76.3 Å². The number of aromatic nitrogens is 1. The molecule has 12 heteroatoms. The zero-order valence-electron chi connectivity index (χ0n) is 38.8. The number of aliphatic hydroxyl groups is 2. The van der Waals surface area contributed by atoms with Crippen LogP contribution < -0.4 is 9.47 Å². The quantitative estimate of drug-likeness (QED) is 0.0575. The average Bonchev–Trinajstić information content (AvgIpc) is 3.87. The summed E-state index contributed by atoms with van der Waals surface area (Å²) in [6, 6.07) is 17.6. The van der Waals surface area contributed by atoms with E-state index in [1.165, 1.54) is 25.0 Å². The number of halogens is 1. The van der Waals surface area contributed by atoms with Crippen molar-refractivity contribution in [2.24, 2.45) is 28.8 Å². The van der Waals surface area contributed by atoms with Gasteiger partial charge in [-0.15, -0.1) is 6.58 Å². The van der Waals surface area contributed by atoms with Crippen LogP contribution >= 0.6 is 0 Å². The van der Waals surface area contributed by atoms with Gasteiger partial charge in [0.15, 0.2) is 0 Å². The molecule has 1 unspecified atom stereocenters. The number of rotatable bonds is 22. The van der Waals surface area contributed by atoms with Crippen molar-refractivity contribution in [2.75, 3.05) is 26.4 Å². The van der Waals surface area contributed by atoms with Crippen LogP contribution in [0, 0.1) is 36.4 Å². The molecule has 1 saturated heterocycles. The van der Waals surface area contributed by atoms with Gasteiger partial charge in [-0.25, -0.2) is 4.39 Å². The van der Waals surface area contributed by atoms with E-state index in [0.717, 1.165) is 98.0 Å². The highest BCUT2D eigenvalue weighted by Gasteiger charge is 2.65. The molecule has 3 aliphatic carbocycles. The largest absolute Gasteiger partial charge is 0.487 e. The number of amides is 1. The summed E-state index contributed by atoms with van der Waals surface area (Å²) in [4.78, 5) is 28.2. The second-order valence-corrected chi connectivity index (χ2v) is 19.1. The van der Waals surface area contributed by atoms with Crippen molar-refractivity contribution in [3.63, 3.8) is 0 Å². The van der Waals surface area contributed by atoms with Crippen molar-refractivity contribution in [1.82, 2.24) is 9.88 Å². The van der Waals surface area contributed by atoms with Crippen LogP contribution in [0.2, 0.25) is 0 Å². The van der Waals surface area contributed by atoms with Crippen LogP contribution in [0.4, 0.5) is 4.39 Å². The lowest BCUT2D eigenvalue weighted by molar-refractivity contribution is -0.258. The monoisotopic (exact) mass is 908 g/mol. The normalized spacial score (nSPS) is 26.5. The number of benzene rings is 2. The lowest BCUT2D eigenvalue weighted by atomic mass is 9.55. The van der Waals surface area contributed by atoms with Crippen LogP contribution in [0.1, 0.15) is 131 Å². The van der Waals surface area contributed by atoms with E-state index < -0.39 is 24.0 Å². The van der Waals surface area contributed by atoms with Gasteiger partial charge >= 0.3 is 0 Å². The Bertz CT molecular complexity index is 2140. The van der Waals surface area contributed by atoms with Crippen LogP contribution in [-0.2, 0) is 32.3 Å². The number of fused-ring (bicyclic) bond motifs is 2. The molecule has 7 atom stereocenters. The van der Waals surface area contributed by atoms with Crippen molar-refractivity contribution < 1.29 is 43.2 Å². The van der Waals surface area contributed by atoms with Gasteiger partial charge in [0.2, 0.25) is 18.0 Å². The summed E-state index contributed by atoms with van der Waals surface area (Å²) in [5.41, 5.74) is 5.20. The summed E-state index contributed by atoms with van der Waals surface area (Å²) in [7, 11) is 0. The number of hydrogen-bond acceptors (Lipinski definition) is 10. The van der Waals surface area contributed by atoms with Gasteiger partial charge in [0.25, 0.3) is 0 Å². The van der Waals surface area contributed by atoms with Crippen LogP contribution in [0.15, 0.2) is 90.1 Å². The van der Waals surface area contributed by atoms with Crippen LogP contribution in [0.3, 0.4) is 0 Å². The molecule has 3 heterocycles. The van der Waals surface area contributed by atoms with Crippen molar-refractivity contribution in [1.29, 1.82) is 0 Å². The number of carbonyl (C=O) groups is 1. The van der Waals surface area contributed by atoms with Gasteiger partial charge in [0.1, 0.15) is 30.0 Å². The van der Waals surface area contributed by atoms with Gasteiger partial charge in [-0.3, -0.25) is 9.78 Å². The number of pyridine rings is 1. The molecule has 66 heavy (non-hydrogen) atoms. The molecular formula is C54H70FN3O8. The first kappa shape index (κ1) is 47.9. The number of allylic oxidation sites excluding steroid dienone is 1. The van der Waals surface area contributed by atoms with Crippen LogP contribution in [0.25, 0.3) is 0 Å². The maximum absolute atomic E-state index is 15.2. The Morgan fingerprint density at radius 3 is 2.52 bits per heavy atom. The molecular weight excluding hydrogens is 838 g/mol. The van der Waals surface area contributed by atoms with E-state index in [1.54, 1.807) is 18.2 Å². The molecule has 1 aromatic heterocycles. The first-order valence-corrected chi connectivity index (χ1v) is 24.7. The second kappa shape index (κ2) is 22.9. The Morgan fingerprint density at radius 2 is 1.77 bits per heavy atom. The molecule has 2 aliphatic heterocycles. The Balaban J connectivity index is 1.30. The van der Waals surface area contributed by atoms with E-state index in [4.69, 9.17) is 28.9 Å². The number of unbranched alkanes of at least 4 members (excludes halogenated alkanes) is 2. The molecule has 2 N–H and O–H groups in total. The molecule has 356 valence electrons. The minimum atomic E-state index is -1.42. The Hall–Kier alpha value is -4.62. The predicted molar refractivity (Wildman–Crippen MR) is 251 cm³/mol. The molecule has 3 aromatic rings. The van der Waals surface area contributed by atoms with Crippen LogP contribution in [0.5, 0.6) is 11.5 Å². The molecule has 5 aliphatic rings. The molecule has 3 fully saturated rings. The van der Waals surface area contributed by atoms with Crippen molar-refractivity contribution in [3.05, 3.63) is 113 Å². The highest BCUT2D eigenvalue weighted by molar-refractivity contribution is 6.03. The number of aliphatic hydroxyl groups excluding tert-OH is 2. The highest BCUT2D eigenvalue weighted by atomic mass is 19.1. The fourth-order valence-corrected chi connectivity index (χ4v) is 11.4. The fourth-order valence-electron chi connectivity index (χ4n) is 11.4. The zero-order chi connectivity index (χ0) is 45.9. The summed E-state index contributed by atoms with van der Waals surface area (Å²) in [6.45, 7) is 7.52. The fraction of sp³-hybridized carbons (Fsp3) is 0.574. The predicted octanol–water partition coefficient (Wildman–Crippen LogP) is 10.3. The van der Waals surface area contributed by atoms with Gasteiger partial charge in [-0.05, 0) is 123 Å². The third kappa shape index (κ3) is 11.2. The lowest BCUT2D eigenvalue weighted by Gasteiger charge is -2.60. The molecule has 0 radical (unpaired) electrons. The van der Waals surface area contributed by atoms with E-state index in [1.807, 2.05) is 42.2 Å². The van der Waals surface area contributed by atoms with Gasteiger partial charge < -0.3 is 38.9 Å². The maximum Gasteiger partial charge on any atom is 0.239 e. The Morgan fingerprint density at radius 1 is 0.985 bits per heavy atom. The lowest BCUT2D eigenvalue weighted by Crippen LogP contribution is -2.70. The third-order valence-electron chi connectivity index (χ3n) is 14.6.